The number of benzene rings is 1. The van der Waals surface area contributed by atoms with Gasteiger partial charge in [-0.15, -0.1) is 0 Å². The van der Waals surface area contributed by atoms with Crippen molar-refractivity contribution >= 4 is 17.5 Å². The molecular weight excluding hydrogens is 340 g/mol. The van der Waals surface area contributed by atoms with Gasteiger partial charge in [-0.3, -0.25) is 9.59 Å². The lowest BCUT2D eigenvalue weighted by molar-refractivity contribution is -0.201. The number of fused-ring (bicyclic) bond motifs is 1. The summed E-state index contributed by atoms with van der Waals surface area (Å²) in [7, 11) is 0. The lowest BCUT2D eigenvalue weighted by atomic mass is 10.1. The summed E-state index contributed by atoms with van der Waals surface area (Å²) in [5, 5.41) is 0. The van der Waals surface area contributed by atoms with Gasteiger partial charge in [0, 0.05) is 37.7 Å². The van der Waals surface area contributed by atoms with Crippen molar-refractivity contribution in [2.24, 2.45) is 5.92 Å². The van der Waals surface area contributed by atoms with E-state index in [0.29, 0.717) is 43.6 Å². The first-order valence-corrected chi connectivity index (χ1v) is 8.98. The fourth-order valence-corrected chi connectivity index (χ4v) is 3.34. The molecule has 4 rings (SSSR count). The molecule has 3 aliphatic rings. The van der Waals surface area contributed by atoms with E-state index in [4.69, 9.17) is 19.0 Å². The highest BCUT2D eigenvalue weighted by Gasteiger charge is 2.36. The Hall–Kier alpha value is -2.32. The Balaban J connectivity index is 1.36. The van der Waals surface area contributed by atoms with Gasteiger partial charge in [0.2, 0.25) is 11.8 Å². The van der Waals surface area contributed by atoms with E-state index in [9.17, 15) is 9.59 Å². The van der Waals surface area contributed by atoms with E-state index in [1.165, 1.54) is 0 Å². The van der Waals surface area contributed by atoms with Crippen LogP contribution < -0.4 is 19.9 Å². The summed E-state index contributed by atoms with van der Waals surface area (Å²) in [5.41, 5.74) is 3.15. The molecule has 1 aromatic carbocycles. The van der Waals surface area contributed by atoms with Crippen molar-refractivity contribution < 1.29 is 28.6 Å². The molecule has 8 nitrogen and oxygen atoms in total. The lowest BCUT2D eigenvalue weighted by Gasteiger charge is -2.23. The number of hydrogen-bond acceptors (Lipinski definition) is 6. The number of hydrogen-bond donors (Lipinski definition) is 1. The molecule has 8 heteroatoms. The summed E-state index contributed by atoms with van der Waals surface area (Å²) in [6, 6.07) is 5.37. The van der Waals surface area contributed by atoms with Gasteiger partial charge in [-0.2, -0.15) is 0 Å². The van der Waals surface area contributed by atoms with E-state index in [0.717, 1.165) is 19.3 Å². The largest absolute Gasteiger partial charge is 0.486 e. The molecule has 2 fully saturated rings. The van der Waals surface area contributed by atoms with E-state index in [1.807, 2.05) is 0 Å². The second-order valence-electron chi connectivity index (χ2n) is 6.61. The number of ether oxygens (including phenoxy) is 3. The van der Waals surface area contributed by atoms with Gasteiger partial charge in [-0.25, -0.2) is 10.3 Å². The quantitative estimate of drug-likeness (QED) is 0.815. The maximum atomic E-state index is 12.4. The third-order valence-electron chi connectivity index (χ3n) is 4.76. The molecule has 0 radical (unpaired) electrons. The zero-order valence-corrected chi connectivity index (χ0v) is 14.4. The first kappa shape index (κ1) is 17.1. The van der Waals surface area contributed by atoms with Crippen LogP contribution in [0.2, 0.25) is 0 Å². The molecule has 140 valence electrons. The van der Waals surface area contributed by atoms with Crippen molar-refractivity contribution in [2.45, 2.75) is 32.0 Å². The third kappa shape index (κ3) is 3.61. The Morgan fingerprint density at radius 3 is 2.81 bits per heavy atom. The molecule has 3 aliphatic heterocycles. The first-order chi connectivity index (χ1) is 12.7. The van der Waals surface area contributed by atoms with Gasteiger partial charge in [0.1, 0.15) is 13.2 Å². The van der Waals surface area contributed by atoms with E-state index < -0.39 is 12.2 Å². The number of amides is 2. The standard InChI is InChI=1S/C18H22N2O6/c21-16-9-12(18(22)19-26-17-3-1-2-6-25-17)11-20(16)13-4-5-14-15(10-13)24-8-7-23-14/h4-5,10,12,17H,1-3,6-9,11H2,(H,19,22). The van der Waals surface area contributed by atoms with Crippen LogP contribution in [0.1, 0.15) is 25.7 Å². The van der Waals surface area contributed by atoms with Crippen molar-refractivity contribution in [2.75, 3.05) is 31.3 Å². The van der Waals surface area contributed by atoms with Crippen LogP contribution in [0.15, 0.2) is 18.2 Å². The Morgan fingerprint density at radius 2 is 2.00 bits per heavy atom. The van der Waals surface area contributed by atoms with Gasteiger partial charge in [-0.1, -0.05) is 0 Å². The van der Waals surface area contributed by atoms with E-state index in [1.54, 1.807) is 23.1 Å². The molecule has 2 amide bonds. The molecule has 1 N–H and O–H groups in total. The summed E-state index contributed by atoms with van der Waals surface area (Å²) in [6.45, 7) is 1.94. The molecule has 1 aromatic rings. The monoisotopic (exact) mass is 362 g/mol. The molecule has 2 saturated heterocycles. The normalized spacial score (nSPS) is 25.2. The maximum Gasteiger partial charge on any atom is 0.249 e. The van der Waals surface area contributed by atoms with Gasteiger partial charge < -0.3 is 19.1 Å². The van der Waals surface area contributed by atoms with Crippen LogP contribution >= 0.6 is 0 Å². The van der Waals surface area contributed by atoms with Crippen molar-refractivity contribution in [3.8, 4) is 11.5 Å². The summed E-state index contributed by atoms with van der Waals surface area (Å²) >= 11 is 0. The highest BCUT2D eigenvalue weighted by atomic mass is 16.8. The topological polar surface area (TPSA) is 86.3 Å². The molecule has 0 spiro atoms. The number of rotatable bonds is 4. The molecular formula is C18H22N2O6. The van der Waals surface area contributed by atoms with Crippen molar-refractivity contribution in [3.63, 3.8) is 0 Å². The van der Waals surface area contributed by atoms with Crippen LogP contribution in [0.4, 0.5) is 5.69 Å². The molecule has 2 atom stereocenters. The Morgan fingerprint density at radius 1 is 1.15 bits per heavy atom. The predicted octanol–water partition coefficient (Wildman–Crippen LogP) is 1.39. The zero-order chi connectivity index (χ0) is 17.9. The minimum atomic E-state index is -0.459. The lowest BCUT2D eigenvalue weighted by Crippen LogP contribution is -2.37. The highest BCUT2D eigenvalue weighted by molar-refractivity contribution is 6.00. The summed E-state index contributed by atoms with van der Waals surface area (Å²) in [5.74, 6) is 0.427. The average molecular weight is 362 g/mol. The number of carbonyl (C=O) groups excluding carboxylic acids is 2. The number of nitrogens with zero attached hydrogens (tertiary/aromatic N) is 1. The van der Waals surface area contributed by atoms with Gasteiger partial charge in [-0.05, 0) is 25.0 Å². The van der Waals surface area contributed by atoms with Crippen LogP contribution in [-0.4, -0.2) is 44.5 Å². The molecule has 26 heavy (non-hydrogen) atoms. The van der Waals surface area contributed by atoms with Crippen LogP contribution in [0.3, 0.4) is 0 Å². The summed E-state index contributed by atoms with van der Waals surface area (Å²) in [6.07, 6.45) is 2.52. The van der Waals surface area contributed by atoms with E-state index in [2.05, 4.69) is 5.48 Å². The molecule has 0 saturated carbocycles. The van der Waals surface area contributed by atoms with E-state index in [-0.39, 0.29) is 18.2 Å². The van der Waals surface area contributed by atoms with Crippen LogP contribution in [0.5, 0.6) is 11.5 Å². The molecule has 2 unspecified atom stereocenters. The number of nitrogens with one attached hydrogen (secondary N) is 1. The minimum Gasteiger partial charge on any atom is -0.486 e. The summed E-state index contributed by atoms with van der Waals surface area (Å²) < 4.78 is 16.5. The molecule has 0 aromatic heterocycles. The fourth-order valence-electron chi connectivity index (χ4n) is 3.34. The Bertz CT molecular complexity index is 688. The zero-order valence-electron chi connectivity index (χ0n) is 14.4. The SMILES string of the molecule is O=C(NOC1CCCCO1)C1CC(=O)N(c2ccc3c(c2)OCCO3)C1. The van der Waals surface area contributed by atoms with Crippen LogP contribution in [-0.2, 0) is 19.2 Å². The number of carbonyl (C=O) groups is 2. The first-order valence-electron chi connectivity index (χ1n) is 8.98. The van der Waals surface area contributed by atoms with Gasteiger partial charge in [0.05, 0.1) is 5.92 Å². The van der Waals surface area contributed by atoms with Gasteiger partial charge in [0.25, 0.3) is 0 Å². The Kier molecular flexibility index (Phi) is 4.94. The predicted molar refractivity (Wildman–Crippen MR) is 90.7 cm³/mol. The maximum absolute atomic E-state index is 12.4. The smallest absolute Gasteiger partial charge is 0.249 e. The van der Waals surface area contributed by atoms with Crippen molar-refractivity contribution in [1.82, 2.24) is 5.48 Å². The fraction of sp³-hybridized carbons (Fsp3) is 0.556. The van der Waals surface area contributed by atoms with Gasteiger partial charge in [0.15, 0.2) is 17.8 Å². The van der Waals surface area contributed by atoms with Crippen LogP contribution in [0.25, 0.3) is 0 Å². The number of hydroxylamine groups is 1. The summed E-state index contributed by atoms with van der Waals surface area (Å²) in [4.78, 5) is 31.6. The second-order valence-corrected chi connectivity index (χ2v) is 6.61. The van der Waals surface area contributed by atoms with E-state index >= 15 is 0 Å². The van der Waals surface area contributed by atoms with Gasteiger partial charge >= 0.3 is 0 Å². The minimum absolute atomic E-state index is 0.101. The second kappa shape index (κ2) is 7.51. The van der Waals surface area contributed by atoms with Crippen molar-refractivity contribution in [3.05, 3.63) is 18.2 Å². The van der Waals surface area contributed by atoms with Crippen molar-refractivity contribution in [1.29, 1.82) is 0 Å². The number of anilines is 1. The third-order valence-corrected chi connectivity index (χ3v) is 4.76. The highest BCUT2D eigenvalue weighted by Crippen LogP contribution is 2.36. The Labute approximate surface area is 151 Å². The molecule has 0 bridgehead atoms. The molecule has 0 aliphatic carbocycles. The molecule has 3 heterocycles. The van der Waals surface area contributed by atoms with Crippen LogP contribution in [0, 0.1) is 5.92 Å². The average Bonchev–Trinajstić information content (AvgIpc) is 3.08.